The number of carbonyl (C=O) groups is 2. The molecule has 5 heteroatoms. The highest BCUT2D eigenvalue weighted by molar-refractivity contribution is 5.95. The molecule has 2 fully saturated rings. The second-order valence-corrected chi connectivity index (χ2v) is 10.8. The van der Waals surface area contributed by atoms with Gasteiger partial charge < -0.3 is 14.8 Å². The number of ketones is 1. The molecule has 190 valence electrons. The first kappa shape index (κ1) is 23.8. The summed E-state index contributed by atoms with van der Waals surface area (Å²) in [6.07, 6.45) is 6.52. The summed E-state index contributed by atoms with van der Waals surface area (Å²) < 4.78 is 11.0. The summed E-state index contributed by atoms with van der Waals surface area (Å²) in [5.74, 6) is 2.11. The molecule has 37 heavy (non-hydrogen) atoms. The highest BCUT2D eigenvalue weighted by atomic mass is 16.7. The Morgan fingerprint density at radius 2 is 1.62 bits per heavy atom. The fraction of sp³-hybridized carbons (Fsp3) is 0.375. The second kappa shape index (κ2) is 9.70. The molecule has 2 saturated carbocycles. The molecule has 3 aromatic rings. The van der Waals surface area contributed by atoms with E-state index in [1.54, 1.807) is 0 Å². The van der Waals surface area contributed by atoms with Gasteiger partial charge in [-0.05, 0) is 78.1 Å². The second-order valence-electron chi connectivity index (χ2n) is 10.8. The van der Waals surface area contributed by atoms with Gasteiger partial charge in [0.15, 0.2) is 11.5 Å². The number of nitrogens with one attached hydrogen (secondary N) is 1. The fourth-order valence-corrected chi connectivity index (χ4v) is 5.82. The Bertz CT molecular complexity index is 1330. The SMILES string of the molecule is Cc1ccc(CC(=O)C2(c3ccc4c(c3)OCO4)CC2)cc1-c1ccc(CNC(=O)C2CCCC2)cc1. The van der Waals surface area contributed by atoms with Crippen LogP contribution in [0.5, 0.6) is 11.5 Å². The monoisotopic (exact) mass is 495 g/mol. The standard InChI is InChI=1S/C32H33NO4/c1-21-6-7-23(17-30(34)32(14-15-32)26-12-13-28-29(18-26)37-20-36-28)16-27(21)24-10-8-22(9-11-24)19-33-31(35)25-4-2-3-5-25/h6-13,16,18,25H,2-5,14-15,17,19-20H2,1H3,(H,33,35). The Morgan fingerprint density at radius 3 is 2.38 bits per heavy atom. The summed E-state index contributed by atoms with van der Waals surface area (Å²) in [6, 6.07) is 20.6. The number of rotatable bonds is 8. The number of hydrogen-bond donors (Lipinski definition) is 1. The lowest BCUT2D eigenvalue weighted by atomic mass is 9.87. The molecule has 6 rings (SSSR count). The number of ether oxygens (including phenoxy) is 2. The highest BCUT2D eigenvalue weighted by Crippen LogP contribution is 2.51. The minimum absolute atomic E-state index is 0.184. The Hall–Kier alpha value is -3.60. The van der Waals surface area contributed by atoms with E-state index in [1.165, 1.54) is 5.56 Å². The first-order chi connectivity index (χ1) is 18.0. The van der Waals surface area contributed by atoms with Gasteiger partial charge in [-0.25, -0.2) is 0 Å². The molecule has 1 amide bonds. The molecule has 0 radical (unpaired) electrons. The van der Waals surface area contributed by atoms with Gasteiger partial charge in [-0.3, -0.25) is 9.59 Å². The van der Waals surface area contributed by atoms with E-state index in [0.717, 1.165) is 77.8 Å². The number of hydrogen-bond acceptors (Lipinski definition) is 4. The van der Waals surface area contributed by atoms with Crippen LogP contribution in [0.3, 0.4) is 0 Å². The third kappa shape index (κ3) is 4.75. The molecule has 0 aromatic heterocycles. The van der Waals surface area contributed by atoms with Crippen molar-refractivity contribution in [2.75, 3.05) is 6.79 Å². The third-order valence-corrected chi connectivity index (χ3v) is 8.33. The molecule has 1 heterocycles. The van der Waals surface area contributed by atoms with Crippen molar-refractivity contribution in [2.24, 2.45) is 5.92 Å². The van der Waals surface area contributed by atoms with Gasteiger partial charge in [-0.15, -0.1) is 0 Å². The zero-order valence-electron chi connectivity index (χ0n) is 21.3. The van der Waals surface area contributed by atoms with E-state index in [4.69, 9.17) is 9.47 Å². The molecular weight excluding hydrogens is 462 g/mol. The molecule has 0 saturated heterocycles. The smallest absolute Gasteiger partial charge is 0.231 e. The zero-order valence-corrected chi connectivity index (χ0v) is 21.3. The van der Waals surface area contributed by atoms with Crippen LogP contribution < -0.4 is 14.8 Å². The molecule has 2 aliphatic carbocycles. The minimum Gasteiger partial charge on any atom is -0.454 e. The summed E-state index contributed by atoms with van der Waals surface area (Å²) in [6.45, 7) is 2.90. The molecule has 0 bridgehead atoms. The predicted molar refractivity (Wildman–Crippen MR) is 143 cm³/mol. The fourth-order valence-electron chi connectivity index (χ4n) is 5.82. The number of amides is 1. The average molecular weight is 496 g/mol. The number of Topliss-reactive ketones (excluding diaryl/α,β-unsaturated/α-hetero) is 1. The third-order valence-electron chi connectivity index (χ3n) is 8.33. The van der Waals surface area contributed by atoms with Crippen LogP contribution in [-0.4, -0.2) is 18.5 Å². The Morgan fingerprint density at radius 1 is 0.892 bits per heavy atom. The van der Waals surface area contributed by atoms with Crippen molar-refractivity contribution in [1.82, 2.24) is 5.32 Å². The Balaban J connectivity index is 1.14. The van der Waals surface area contributed by atoms with Crippen molar-refractivity contribution in [3.05, 3.63) is 82.9 Å². The van der Waals surface area contributed by atoms with E-state index in [1.807, 2.05) is 18.2 Å². The van der Waals surface area contributed by atoms with Crippen molar-refractivity contribution in [3.8, 4) is 22.6 Å². The maximum absolute atomic E-state index is 13.5. The summed E-state index contributed by atoms with van der Waals surface area (Å²) in [4.78, 5) is 25.8. The topological polar surface area (TPSA) is 64.6 Å². The average Bonchev–Trinajstić information content (AvgIpc) is 3.31. The lowest BCUT2D eigenvalue weighted by Crippen LogP contribution is -2.28. The number of fused-ring (bicyclic) bond motifs is 1. The van der Waals surface area contributed by atoms with Gasteiger partial charge in [-0.1, -0.05) is 61.4 Å². The predicted octanol–water partition coefficient (Wildman–Crippen LogP) is 6.04. The largest absolute Gasteiger partial charge is 0.454 e. The number of aryl methyl sites for hydroxylation is 1. The van der Waals surface area contributed by atoms with E-state index in [-0.39, 0.29) is 24.4 Å². The van der Waals surface area contributed by atoms with Gasteiger partial charge in [-0.2, -0.15) is 0 Å². The van der Waals surface area contributed by atoms with E-state index >= 15 is 0 Å². The van der Waals surface area contributed by atoms with Crippen LogP contribution in [0, 0.1) is 12.8 Å². The van der Waals surface area contributed by atoms with Gasteiger partial charge in [0.05, 0.1) is 5.41 Å². The van der Waals surface area contributed by atoms with Crippen molar-refractivity contribution < 1.29 is 19.1 Å². The quantitative estimate of drug-likeness (QED) is 0.414. The number of carbonyl (C=O) groups excluding carboxylic acids is 2. The maximum Gasteiger partial charge on any atom is 0.231 e. The Kier molecular flexibility index (Phi) is 6.23. The maximum atomic E-state index is 13.5. The van der Waals surface area contributed by atoms with Crippen molar-refractivity contribution in [3.63, 3.8) is 0 Å². The van der Waals surface area contributed by atoms with Crippen LogP contribution in [-0.2, 0) is 28.0 Å². The van der Waals surface area contributed by atoms with Crippen LogP contribution in [0.1, 0.15) is 60.8 Å². The molecule has 0 unspecified atom stereocenters. The lowest BCUT2D eigenvalue weighted by molar-refractivity contribution is -0.125. The Labute approximate surface area is 218 Å². The molecular formula is C32H33NO4. The summed E-state index contributed by atoms with van der Waals surface area (Å²) in [5.41, 5.74) is 6.19. The van der Waals surface area contributed by atoms with Crippen LogP contribution in [0.2, 0.25) is 0 Å². The lowest BCUT2D eigenvalue weighted by Gasteiger charge is -2.16. The van der Waals surface area contributed by atoms with Crippen LogP contribution >= 0.6 is 0 Å². The van der Waals surface area contributed by atoms with E-state index < -0.39 is 5.41 Å². The van der Waals surface area contributed by atoms with Crippen molar-refractivity contribution in [2.45, 2.75) is 63.8 Å². The summed E-state index contributed by atoms with van der Waals surface area (Å²) >= 11 is 0. The van der Waals surface area contributed by atoms with Gasteiger partial charge in [0, 0.05) is 18.9 Å². The molecule has 1 aliphatic heterocycles. The van der Waals surface area contributed by atoms with Crippen LogP contribution in [0.15, 0.2) is 60.7 Å². The molecule has 0 spiro atoms. The van der Waals surface area contributed by atoms with Gasteiger partial charge in [0.1, 0.15) is 5.78 Å². The summed E-state index contributed by atoms with van der Waals surface area (Å²) in [7, 11) is 0. The molecule has 3 aliphatic rings. The normalized spacial score (nSPS) is 17.5. The highest BCUT2D eigenvalue weighted by Gasteiger charge is 2.50. The zero-order chi connectivity index (χ0) is 25.4. The molecule has 5 nitrogen and oxygen atoms in total. The molecule has 3 aromatic carbocycles. The first-order valence-electron chi connectivity index (χ1n) is 13.4. The molecule has 0 atom stereocenters. The van der Waals surface area contributed by atoms with E-state index in [9.17, 15) is 9.59 Å². The van der Waals surface area contributed by atoms with Gasteiger partial charge in [0.2, 0.25) is 12.7 Å². The minimum atomic E-state index is -0.406. The first-order valence-corrected chi connectivity index (χ1v) is 13.4. The van der Waals surface area contributed by atoms with Crippen molar-refractivity contribution in [1.29, 1.82) is 0 Å². The summed E-state index contributed by atoms with van der Waals surface area (Å²) in [5, 5.41) is 3.10. The van der Waals surface area contributed by atoms with Gasteiger partial charge in [0.25, 0.3) is 0 Å². The van der Waals surface area contributed by atoms with Crippen molar-refractivity contribution >= 4 is 11.7 Å². The van der Waals surface area contributed by atoms with E-state index in [2.05, 4.69) is 54.7 Å². The van der Waals surface area contributed by atoms with Gasteiger partial charge >= 0.3 is 0 Å². The van der Waals surface area contributed by atoms with Crippen LogP contribution in [0.4, 0.5) is 0 Å². The van der Waals surface area contributed by atoms with E-state index in [0.29, 0.717) is 13.0 Å². The van der Waals surface area contributed by atoms with Crippen LogP contribution in [0.25, 0.3) is 11.1 Å². The number of benzene rings is 3. The molecule has 1 N–H and O–H groups in total.